The first-order valence-electron chi connectivity index (χ1n) is 8.10. The molecule has 1 saturated heterocycles. The molecule has 0 spiro atoms. The number of morpholine rings is 1. The van der Waals surface area contributed by atoms with Gasteiger partial charge in [-0.25, -0.2) is 23.5 Å². The average molecular weight is 377 g/mol. The Morgan fingerprint density at radius 3 is 3.07 bits per heavy atom. The summed E-state index contributed by atoms with van der Waals surface area (Å²) < 4.78 is 36.8. The number of nitrogen functional groups attached to an aromatic ring is 1. The summed E-state index contributed by atoms with van der Waals surface area (Å²) in [5.74, 6) is -1.71. The van der Waals surface area contributed by atoms with E-state index in [1.807, 2.05) is 0 Å². The zero-order chi connectivity index (χ0) is 19.2. The molecule has 0 saturated carbocycles. The highest BCUT2D eigenvalue weighted by Crippen LogP contribution is 2.17. The number of halogens is 2. The summed E-state index contributed by atoms with van der Waals surface area (Å²) in [6, 6.07) is 3.33. The lowest BCUT2D eigenvalue weighted by Gasteiger charge is -2.30. The molecule has 0 radical (unpaired) electrons. The molecule has 0 bridgehead atoms. The van der Waals surface area contributed by atoms with Gasteiger partial charge in [0.25, 0.3) is 0 Å². The van der Waals surface area contributed by atoms with Gasteiger partial charge in [0.15, 0.2) is 17.5 Å². The number of carbonyl (C=O) groups is 1. The van der Waals surface area contributed by atoms with Gasteiger partial charge in [-0.05, 0) is 17.7 Å². The van der Waals surface area contributed by atoms with Crippen LogP contribution in [-0.4, -0.2) is 53.0 Å². The minimum atomic E-state index is -0.990. The lowest BCUT2D eigenvalue weighted by molar-refractivity contribution is 0.00328. The van der Waals surface area contributed by atoms with E-state index in [1.165, 1.54) is 29.7 Å². The number of aliphatic imine (C=N–C) groups is 1. The minimum Gasteiger partial charge on any atom is -0.445 e. The zero-order valence-corrected chi connectivity index (χ0v) is 14.2. The highest BCUT2D eigenvalue weighted by molar-refractivity contribution is 5.73. The van der Waals surface area contributed by atoms with Crippen molar-refractivity contribution in [2.24, 2.45) is 4.99 Å². The van der Waals surface area contributed by atoms with Crippen molar-refractivity contribution in [1.82, 2.24) is 14.9 Å². The molecule has 8 nitrogen and oxygen atoms in total. The second-order valence-corrected chi connectivity index (χ2v) is 5.73. The van der Waals surface area contributed by atoms with Crippen molar-refractivity contribution < 1.29 is 23.0 Å². The lowest BCUT2D eigenvalue weighted by atomic mass is 10.2. The van der Waals surface area contributed by atoms with E-state index in [-0.39, 0.29) is 19.0 Å². The largest absolute Gasteiger partial charge is 0.445 e. The molecule has 3 rings (SSSR count). The predicted octanol–water partition coefficient (Wildman–Crippen LogP) is 2.08. The van der Waals surface area contributed by atoms with Gasteiger partial charge in [-0.15, -0.1) is 0 Å². The summed E-state index contributed by atoms with van der Waals surface area (Å²) in [4.78, 5) is 25.5. The molecule has 1 aromatic carbocycles. The van der Waals surface area contributed by atoms with Crippen LogP contribution in [0.2, 0.25) is 0 Å². The Bertz CT molecular complexity index is 849. The molecule has 2 N–H and O–H groups in total. The highest BCUT2D eigenvalue weighted by Gasteiger charge is 2.24. The van der Waals surface area contributed by atoms with E-state index in [4.69, 9.17) is 15.2 Å². The highest BCUT2D eigenvalue weighted by atomic mass is 19.2. The Labute approximate surface area is 153 Å². The van der Waals surface area contributed by atoms with Crippen LogP contribution in [0.15, 0.2) is 35.7 Å². The van der Waals surface area contributed by atoms with E-state index in [9.17, 15) is 13.6 Å². The molecule has 2 aromatic rings. The fraction of sp³-hybridized carbons (Fsp3) is 0.294. The molecule has 1 aromatic heterocycles. The minimum absolute atomic E-state index is 0.163. The normalized spacial score (nSPS) is 17.3. The van der Waals surface area contributed by atoms with Gasteiger partial charge in [0.2, 0.25) is 0 Å². The van der Waals surface area contributed by atoms with E-state index in [1.54, 1.807) is 0 Å². The summed E-state index contributed by atoms with van der Waals surface area (Å²) in [5, 5.41) is 0. The van der Waals surface area contributed by atoms with Crippen molar-refractivity contribution in [2.45, 2.75) is 12.7 Å². The molecule has 1 aliphatic heterocycles. The van der Waals surface area contributed by atoms with E-state index in [2.05, 4.69) is 15.0 Å². The average Bonchev–Trinajstić information content (AvgIpc) is 2.68. The number of nitrogens with zero attached hydrogens (tertiary/aromatic N) is 4. The third-order valence-corrected chi connectivity index (χ3v) is 3.80. The Morgan fingerprint density at radius 2 is 2.30 bits per heavy atom. The molecule has 0 aliphatic carbocycles. The van der Waals surface area contributed by atoms with Crippen LogP contribution >= 0.6 is 0 Å². The Balaban J connectivity index is 1.54. The van der Waals surface area contributed by atoms with Crippen molar-refractivity contribution in [1.29, 1.82) is 0 Å². The first kappa shape index (κ1) is 18.6. The summed E-state index contributed by atoms with van der Waals surface area (Å²) in [6.45, 7) is 0.715. The SMILES string of the molecule is Nc1ncncc1N=C[C@@H]1CN(C(=O)OCc2ccc(F)c(F)c2)CCO1. The number of nitrogens with two attached hydrogens (primary N) is 1. The zero-order valence-electron chi connectivity index (χ0n) is 14.2. The Morgan fingerprint density at radius 1 is 1.44 bits per heavy atom. The fourth-order valence-electron chi connectivity index (χ4n) is 2.39. The Kier molecular flexibility index (Phi) is 5.87. The number of benzene rings is 1. The predicted molar refractivity (Wildman–Crippen MR) is 92.5 cm³/mol. The number of amides is 1. The second kappa shape index (κ2) is 8.49. The van der Waals surface area contributed by atoms with E-state index < -0.39 is 23.8 Å². The number of ether oxygens (including phenoxy) is 2. The third-order valence-electron chi connectivity index (χ3n) is 3.80. The van der Waals surface area contributed by atoms with Crippen LogP contribution in [0.3, 0.4) is 0 Å². The molecule has 2 heterocycles. The summed E-state index contributed by atoms with van der Waals surface area (Å²) in [6.07, 6.45) is 3.27. The molecule has 1 fully saturated rings. The molecule has 0 unspecified atom stereocenters. The standard InChI is InChI=1S/C17H17F2N5O3/c18-13-2-1-11(5-14(13)19)9-27-17(25)24-3-4-26-12(8-24)6-22-15-7-21-10-23-16(15)20/h1-2,5-7,10,12H,3-4,8-9H2,(H2,20,21,23)/t12-/m1/s1. The fourth-order valence-corrected chi connectivity index (χ4v) is 2.39. The van der Waals surface area contributed by atoms with Crippen LogP contribution in [0.1, 0.15) is 5.56 Å². The second-order valence-electron chi connectivity index (χ2n) is 5.73. The van der Waals surface area contributed by atoms with Gasteiger partial charge in [0.1, 0.15) is 24.7 Å². The number of aromatic nitrogens is 2. The van der Waals surface area contributed by atoms with E-state index in [0.29, 0.717) is 24.4 Å². The van der Waals surface area contributed by atoms with Crippen molar-refractivity contribution in [3.05, 3.63) is 47.9 Å². The van der Waals surface area contributed by atoms with Crippen LogP contribution in [0, 0.1) is 11.6 Å². The van der Waals surface area contributed by atoms with Gasteiger partial charge >= 0.3 is 6.09 Å². The van der Waals surface area contributed by atoms with Crippen LogP contribution < -0.4 is 5.73 Å². The molecule has 1 amide bonds. The van der Waals surface area contributed by atoms with Gasteiger partial charge in [0.05, 0.1) is 19.3 Å². The number of hydrogen-bond acceptors (Lipinski definition) is 7. The molecule has 1 atom stereocenters. The first-order valence-corrected chi connectivity index (χ1v) is 8.10. The number of carbonyl (C=O) groups excluding carboxylic acids is 1. The van der Waals surface area contributed by atoms with Gasteiger partial charge < -0.3 is 20.1 Å². The number of anilines is 1. The van der Waals surface area contributed by atoms with Crippen LogP contribution in [0.25, 0.3) is 0 Å². The van der Waals surface area contributed by atoms with Crippen molar-refractivity contribution in [2.75, 3.05) is 25.4 Å². The maximum Gasteiger partial charge on any atom is 0.410 e. The molecule has 27 heavy (non-hydrogen) atoms. The van der Waals surface area contributed by atoms with Crippen molar-refractivity contribution >= 4 is 23.8 Å². The van der Waals surface area contributed by atoms with Gasteiger partial charge in [-0.1, -0.05) is 6.07 Å². The summed E-state index contributed by atoms with van der Waals surface area (Å²) in [7, 11) is 0. The van der Waals surface area contributed by atoms with Crippen LogP contribution in [0.4, 0.5) is 25.1 Å². The first-order chi connectivity index (χ1) is 13.0. The van der Waals surface area contributed by atoms with Gasteiger partial charge in [-0.3, -0.25) is 4.99 Å². The van der Waals surface area contributed by atoms with E-state index in [0.717, 1.165) is 12.1 Å². The van der Waals surface area contributed by atoms with Gasteiger partial charge in [-0.2, -0.15) is 0 Å². The molecular weight excluding hydrogens is 360 g/mol. The summed E-state index contributed by atoms with van der Waals surface area (Å²) >= 11 is 0. The van der Waals surface area contributed by atoms with Crippen LogP contribution in [-0.2, 0) is 16.1 Å². The molecule has 10 heteroatoms. The van der Waals surface area contributed by atoms with Crippen molar-refractivity contribution in [3.63, 3.8) is 0 Å². The number of rotatable bonds is 4. The van der Waals surface area contributed by atoms with Crippen molar-refractivity contribution in [3.8, 4) is 0 Å². The summed E-state index contributed by atoms with van der Waals surface area (Å²) in [5.41, 5.74) is 6.44. The molecule has 142 valence electrons. The lowest BCUT2D eigenvalue weighted by Crippen LogP contribution is -2.46. The van der Waals surface area contributed by atoms with Gasteiger partial charge in [0, 0.05) is 12.8 Å². The number of hydrogen-bond donors (Lipinski definition) is 1. The maximum atomic E-state index is 13.2. The maximum absolute atomic E-state index is 13.2. The Hall–Kier alpha value is -3.14. The molecule has 1 aliphatic rings. The molecular formula is C17H17F2N5O3. The monoisotopic (exact) mass is 377 g/mol. The van der Waals surface area contributed by atoms with Crippen LogP contribution in [0.5, 0.6) is 0 Å². The third kappa shape index (κ3) is 4.94. The quantitative estimate of drug-likeness (QED) is 0.819. The van der Waals surface area contributed by atoms with E-state index >= 15 is 0 Å². The topological polar surface area (TPSA) is 103 Å². The smallest absolute Gasteiger partial charge is 0.410 e.